The molecule has 0 heteroatoms. The third kappa shape index (κ3) is 3.49. The second kappa shape index (κ2) is 3.60. The standard InChI is InChI=1S/2C5H8/c2*1-2-5-3-4-5/h2*2,5H,1,3-4H2. The van der Waals surface area contributed by atoms with Crippen molar-refractivity contribution in [3.05, 3.63) is 25.3 Å². The van der Waals surface area contributed by atoms with Crippen molar-refractivity contribution in [2.24, 2.45) is 11.8 Å². The minimum atomic E-state index is 0.898. The molecular formula is C10H16. The highest BCUT2D eigenvalue weighted by molar-refractivity contribution is 4.89. The first-order chi connectivity index (χ1) is 4.86. The topological polar surface area (TPSA) is 0 Å². The summed E-state index contributed by atoms with van der Waals surface area (Å²) in [6, 6.07) is 0. The summed E-state index contributed by atoms with van der Waals surface area (Å²) in [5.74, 6) is 1.80. The van der Waals surface area contributed by atoms with E-state index in [1.54, 1.807) is 0 Å². The maximum absolute atomic E-state index is 3.62. The van der Waals surface area contributed by atoms with Gasteiger partial charge in [-0.1, -0.05) is 12.2 Å². The predicted octanol–water partition coefficient (Wildman–Crippen LogP) is 3.16. The maximum atomic E-state index is 3.62. The quantitative estimate of drug-likeness (QED) is 0.511. The summed E-state index contributed by atoms with van der Waals surface area (Å²) in [4.78, 5) is 0. The van der Waals surface area contributed by atoms with Crippen molar-refractivity contribution < 1.29 is 0 Å². The SMILES string of the molecule is C=CC1CC1.C=CC1CC1. The summed E-state index contributed by atoms with van der Waals surface area (Å²) >= 11 is 0. The van der Waals surface area contributed by atoms with Gasteiger partial charge in [0.15, 0.2) is 0 Å². The monoisotopic (exact) mass is 136 g/mol. The van der Waals surface area contributed by atoms with E-state index in [0.29, 0.717) is 0 Å². The smallest absolute Gasteiger partial charge is 0.0236 e. The highest BCUT2D eigenvalue weighted by atomic mass is 14.2. The molecule has 0 spiro atoms. The van der Waals surface area contributed by atoms with Crippen LogP contribution in [0, 0.1) is 11.8 Å². The van der Waals surface area contributed by atoms with Crippen LogP contribution in [0.25, 0.3) is 0 Å². The third-order valence-corrected chi connectivity index (χ3v) is 1.91. The number of rotatable bonds is 2. The fraction of sp³-hybridized carbons (Fsp3) is 0.600. The molecule has 2 aliphatic carbocycles. The van der Waals surface area contributed by atoms with Crippen molar-refractivity contribution >= 4 is 0 Å². The Morgan fingerprint density at radius 3 is 1.10 bits per heavy atom. The Morgan fingerprint density at radius 2 is 1.10 bits per heavy atom. The van der Waals surface area contributed by atoms with Crippen LogP contribution in [0.2, 0.25) is 0 Å². The molecule has 0 N–H and O–H groups in total. The Morgan fingerprint density at radius 1 is 0.800 bits per heavy atom. The van der Waals surface area contributed by atoms with Gasteiger partial charge in [0.25, 0.3) is 0 Å². The normalized spacial score (nSPS) is 22.4. The lowest BCUT2D eigenvalue weighted by Crippen LogP contribution is -1.50. The first kappa shape index (κ1) is 7.59. The van der Waals surface area contributed by atoms with Gasteiger partial charge in [0.2, 0.25) is 0 Å². The highest BCUT2D eigenvalue weighted by Crippen LogP contribution is 2.29. The van der Waals surface area contributed by atoms with E-state index in [1.165, 1.54) is 25.7 Å². The summed E-state index contributed by atoms with van der Waals surface area (Å²) in [7, 11) is 0. The summed E-state index contributed by atoms with van der Waals surface area (Å²) in [5, 5.41) is 0. The maximum Gasteiger partial charge on any atom is -0.0236 e. The first-order valence-corrected chi connectivity index (χ1v) is 4.12. The zero-order valence-electron chi connectivity index (χ0n) is 6.55. The molecule has 56 valence electrons. The highest BCUT2D eigenvalue weighted by Gasteiger charge is 2.15. The molecular weight excluding hydrogens is 120 g/mol. The molecule has 0 aliphatic heterocycles. The van der Waals surface area contributed by atoms with E-state index in [-0.39, 0.29) is 0 Å². The molecule has 2 aliphatic rings. The van der Waals surface area contributed by atoms with Gasteiger partial charge in [0.05, 0.1) is 0 Å². The van der Waals surface area contributed by atoms with Crippen molar-refractivity contribution in [2.75, 3.05) is 0 Å². The fourth-order valence-corrected chi connectivity index (χ4v) is 0.664. The van der Waals surface area contributed by atoms with E-state index in [9.17, 15) is 0 Å². The first-order valence-electron chi connectivity index (χ1n) is 4.12. The molecule has 0 aromatic rings. The van der Waals surface area contributed by atoms with Crippen LogP contribution in [0.1, 0.15) is 25.7 Å². The molecule has 0 amide bonds. The molecule has 0 aromatic carbocycles. The predicted molar refractivity (Wildman–Crippen MR) is 45.8 cm³/mol. The Bertz CT molecular complexity index is 100. The van der Waals surface area contributed by atoms with Crippen LogP contribution in [0.15, 0.2) is 25.3 Å². The lowest BCUT2D eigenvalue weighted by molar-refractivity contribution is 1.13. The van der Waals surface area contributed by atoms with E-state index in [4.69, 9.17) is 0 Å². The molecule has 0 aromatic heterocycles. The van der Waals surface area contributed by atoms with Crippen LogP contribution in [-0.4, -0.2) is 0 Å². The second-order valence-corrected chi connectivity index (χ2v) is 3.15. The van der Waals surface area contributed by atoms with Gasteiger partial charge in [-0.25, -0.2) is 0 Å². The van der Waals surface area contributed by atoms with E-state index >= 15 is 0 Å². The summed E-state index contributed by atoms with van der Waals surface area (Å²) in [6.45, 7) is 7.25. The van der Waals surface area contributed by atoms with Crippen LogP contribution in [0.4, 0.5) is 0 Å². The van der Waals surface area contributed by atoms with E-state index in [1.807, 2.05) is 12.2 Å². The zero-order chi connectivity index (χ0) is 7.40. The zero-order valence-corrected chi connectivity index (χ0v) is 6.55. The molecule has 0 bridgehead atoms. The molecule has 2 fully saturated rings. The molecule has 0 radical (unpaired) electrons. The van der Waals surface area contributed by atoms with Crippen molar-refractivity contribution in [1.82, 2.24) is 0 Å². The van der Waals surface area contributed by atoms with Crippen molar-refractivity contribution in [3.63, 3.8) is 0 Å². The molecule has 2 rings (SSSR count). The molecule has 0 unspecified atom stereocenters. The largest absolute Gasteiger partial charge is 0.103 e. The Labute approximate surface area is 63.6 Å². The minimum absolute atomic E-state index is 0.898. The van der Waals surface area contributed by atoms with Gasteiger partial charge in [-0.2, -0.15) is 0 Å². The number of hydrogen-bond acceptors (Lipinski definition) is 0. The van der Waals surface area contributed by atoms with Crippen LogP contribution in [0.3, 0.4) is 0 Å². The van der Waals surface area contributed by atoms with Gasteiger partial charge in [0, 0.05) is 0 Å². The van der Waals surface area contributed by atoms with Crippen molar-refractivity contribution in [3.8, 4) is 0 Å². The Kier molecular flexibility index (Phi) is 2.73. The van der Waals surface area contributed by atoms with Crippen LogP contribution in [0.5, 0.6) is 0 Å². The van der Waals surface area contributed by atoms with Gasteiger partial charge in [-0.3, -0.25) is 0 Å². The average Bonchev–Trinajstić information content (AvgIpc) is 2.86. The summed E-state index contributed by atoms with van der Waals surface area (Å²) in [5.41, 5.74) is 0. The lowest BCUT2D eigenvalue weighted by atomic mass is 10.4. The van der Waals surface area contributed by atoms with Gasteiger partial charge < -0.3 is 0 Å². The molecule has 2 saturated carbocycles. The van der Waals surface area contributed by atoms with Crippen LogP contribution >= 0.6 is 0 Å². The second-order valence-electron chi connectivity index (χ2n) is 3.15. The van der Waals surface area contributed by atoms with E-state index in [0.717, 1.165) is 11.8 Å². The van der Waals surface area contributed by atoms with Crippen molar-refractivity contribution in [1.29, 1.82) is 0 Å². The van der Waals surface area contributed by atoms with E-state index in [2.05, 4.69) is 13.2 Å². The molecule has 0 nitrogen and oxygen atoms in total. The molecule has 10 heavy (non-hydrogen) atoms. The summed E-state index contributed by atoms with van der Waals surface area (Å²) < 4.78 is 0. The molecule has 0 atom stereocenters. The minimum Gasteiger partial charge on any atom is -0.103 e. The Balaban J connectivity index is 0.0000001000. The average molecular weight is 136 g/mol. The van der Waals surface area contributed by atoms with E-state index < -0.39 is 0 Å². The fourth-order valence-electron chi connectivity index (χ4n) is 0.664. The Hall–Kier alpha value is -0.520. The van der Waals surface area contributed by atoms with Crippen LogP contribution < -0.4 is 0 Å². The van der Waals surface area contributed by atoms with Gasteiger partial charge >= 0.3 is 0 Å². The van der Waals surface area contributed by atoms with Crippen LogP contribution in [-0.2, 0) is 0 Å². The molecule has 0 saturated heterocycles. The number of allylic oxidation sites excluding steroid dienone is 2. The summed E-state index contributed by atoms with van der Waals surface area (Å²) in [6.07, 6.45) is 9.62. The lowest BCUT2D eigenvalue weighted by Gasteiger charge is -1.63. The number of hydrogen-bond donors (Lipinski definition) is 0. The third-order valence-electron chi connectivity index (χ3n) is 1.91. The molecule has 0 heterocycles. The van der Waals surface area contributed by atoms with Gasteiger partial charge in [-0.05, 0) is 37.5 Å². The van der Waals surface area contributed by atoms with Gasteiger partial charge in [0.1, 0.15) is 0 Å². The van der Waals surface area contributed by atoms with Gasteiger partial charge in [-0.15, -0.1) is 13.2 Å². The van der Waals surface area contributed by atoms with Crippen molar-refractivity contribution in [2.45, 2.75) is 25.7 Å².